The molecule has 3 rings (SSSR count). The summed E-state index contributed by atoms with van der Waals surface area (Å²) in [6, 6.07) is 14.8. The van der Waals surface area contributed by atoms with Crippen molar-refractivity contribution in [2.75, 3.05) is 5.32 Å². The molecule has 1 heterocycles. The summed E-state index contributed by atoms with van der Waals surface area (Å²) in [7, 11) is 0. The Morgan fingerprint density at radius 1 is 1.11 bits per heavy atom. The summed E-state index contributed by atoms with van der Waals surface area (Å²) in [5.41, 5.74) is 2.70. The van der Waals surface area contributed by atoms with Crippen LogP contribution < -0.4 is 5.32 Å². The second-order valence-electron chi connectivity index (χ2n) is 5.84. The van der Waals surface area contributed by atoms with E-state index in [0.29, 0.717) is 21.6 Å². The van der Waals surface area contributed by atoms with E-state index in [4.69, 9.17) is 27.6 Å². The van der Waals surface area contributed by atoms with Gasteiger partial charge >= 0.3 is 0 Å². The maximum Gasteiger partial charge on any atom is 0.248 e. The maximum absolute atomic E-state index is 12.2. The number of rotatable bonds is 5. The van der Waals surface area contributed by atoms with Crippen molar-refractivity contribution in [1.82, 2.24) is 0 Å². The van der Waals surface area contributed by atoms with Gasteiger partial charge in [0.05, 0.1) is 0 Å². The number of amides is 1. The first-order chi connectivity index (χ1) is 12.9. The van der Waals surface area contributed by atoms with Gasteiger partial charge in [-0.3, -0.25) is 4.79 Å². The zero-order valence-corrected chi connectivity index (χ0v) is 18.1. The molecule has 1 aromatic heterocycles. The standard InChI is InChI=1S/C21H16Cl2INO2/c1-2-13-11-17(24)3-6-19(13)25-21(26)8-5-18-4-7-20(27-18)14-9-15(22)12-16(23)10-14/h3-12H,2H2,1H3,(H,25,26)/b8-5+. The van der Waals surface area contributed by atoms with Crippen LogP contribution in [0, 0.1) is 3.57 Å². The van der Waals surface area contributed by atoms with E-state index in [0.717, 1.165) is 26.8 Å². The minimum atomic E-state index is -0.213. The molecule has 1 N–H and O–H groups in total. The number of halogens is 3. The van der Waals surface area contributed by atoms with Crippen molar-refractivity contribution in [3.63, 3.8) is 0 Å². The Bertz CT molecular complexity index is 991. The van der Waals surface area contributed by atoms with Crippen LogP contribution in [0.1, 0.15) is 18.2 Å². The molecule has 0 atom stereocenters. The highest BCUT2D eigenvalue weighted by Gasteiger charge is 2.07. The zero-order valence-electron chi connectivity index (χ0n) is 14.4. The van der Waals surface area contributed by atoms with E-state index < -0.39 is 0 Å². The first-order valence-corrected chi connectivity index (χ1v) is 10.1. The van der Waals surface area contributed by atoms with Gasteiger partial charge in [0.25, 0.3) is 0 Å². The van der Waals surface area contributed by atoms with Crippen LogP contribution in [-0.4, -0.2) is 5.91 Å². The highest BCUT2D eigenvalue weighted by Crippen LogP contribution is 2.29. The van der Waals surface area contributed by atoms with Crippen LogP contribution in [0.25, 0.3) is 17.4 Å². The highest BCUT2D eigenvalue weighted by molar-refractivity contribution is 14.1. The zero-order chi connectivity index (χ0) is 19.4. The largest absolute Gasteiger partial charge is 0.457 e. The van der Waals surface area contributed by atoms with Crippen LogP contribution in [0.5, 0.6) is 0 Å². The highest BCUT2D eigenvalue weighted by atomic mass is 127. The van der Waals surface area contributed by atoms with E-state index in [1.54, 1.807) is 30.3 Å². The maximum atomic E-state index is 12.2. The van der Waals surface area contributed by atoms with Gasteiger partial charge in [0.1, 0.15) is 11.5 Å². The quantitative estimate of drug-likeness (QED) is 0.294. The third-order valence-electron chi connectivity index (χ3n) is 3.88. The molecule has 1 amide bonds. The van der Waals surface area contributed by atoms with E-state index in [-0.39, 0.29) is 5.91 Å². The monoisotopic (exact) mass is 511 g/mol. The lowest BCUT2D eigenvalue weighted by Crippen LogP contribution is -2.09. The van der Waals surface area contributed by atoms with Crippen molar-refractivity contribution < 1.29 is 9.21 Å². The van der Waals surface area contributed by atoms with Gasteiger partial charge in [0.15, 0.2) is 0 Å². The van der Waals surface area contributed by atoms with Gasteiger partial charge in [-0.25, -0.2) is 0 Å². The van der Waals surface area contributed by atoms with Crippen LogP contribution in [0.3, 0.4) is 0 Å². The van der Waals surface area contributed by atoms with Crippen molar-refractivity contribution in [3.8, 4) is 11.3 Å². The second-order valence-corrected chi connectivity index (χ2v) is 7.96. The SMILES string of the molecule is CCc1cc(I)ccc1NC(=O)/C=C/c1ccc(-c2cc(Cl)cc(Cl)c2)o1. The molecule has 2 aromatic carbocycles. The Morgan fingerprint density at radius 2 is 1.85 bits per heavy atom. The smallest absolute Gasteiger partial charge is 0.248 e. The summed E-state index contributed by atoms with van der Waals surface area (Å²) in [5.74, 6) is 0.981. The van der Waals surface area contributed by atoms with Gasteiger partial charge in [0, 0.05) is 30.9 Å². The molecular formula is C21H16Cl2INO2. The lowest BCUT2D eigenvalue weighted by molar-refractivity contribution is -0.111. The predicted molar refractivity (Wildman–Crippen MR) is 120 cm³/mol. The van der Waals surface area contributed by atoms with Crippen LogP contribution in [0.2, 0.25) is 10.0 Å². The summed E-state index contributed by atoms with van der Waals surface area (Å²) in [5, 5.41) is 3.98. The van der Waals surface area contributed by atoms with E-state index in [1.165, 1.54) is 6.08 Å². The fourth-order valence-electron chi connectivity index (χ4n) is 2.60. The van der Waals surface area contributed by atoms with Crippen molar-refractivity contribution in [2.24, 2.45) is 0 Å². The van der Waals surface area contributed by atoms with E-state index in [9.17, 15) is 4.79 Å². The number of aryl methyl sites for hydroxylation is 1. The number of furan rings is 1. The Hall–Kier alpha value is -1.76. The molecule has 0 fully saturated rings. The van der Waals surface area contributed by atoms with E-state index in [1.807, 2.05) is 18.2 Å². The molecule has 138 valence electrons. The Labute approximate surface area is 181 Å². The molecule has 6 heteroatoms. The van der Waals surface area contributed by atoms with E-state index in [2.05, 4.69) is 40.9 Å². The molecule has 3 aromatic rings. The minimum absolute atomic E-state index is 0.213. The third-order valence-corrected chi connectivity index (χ3v) is 4.99. The lowest BCUT2D eigenvalue weighted by Gasteiger charge is -2.08. The Balaban J connectivity index is 1.71. The lowest BCUT2D eigenvalue weighted by atomic mass is 10.1. The molecule has 0 saturated carbocycles. The van der Waals surface area contributed by atoms with Crippen LogP contribution in [-0.2, 0) is 11.2 Å². The van der Waals surface area contributed by atoms with Gasteiger partial charge in [-0.05, 0) is 89.2 Å². The minimum Gasteiger partial charge on any atom is -0.457 e. The average Bonchev–Trinajstić information content (AvgIpc) is 3.10. The third kappa shape index (κ3) is 5.37. The van der Waals surface area contributed by atoms with E-state index >= 15 is 0 Å². The molecule has 0 radical (unpaired) electrons. The van der Waals surface area contributed by atoms with Gasteiger partial charge < -0.3 is 9.73 Å². The Kier molecular flexibility index (Phi) is 6.63. The number of carbonyl (C=O) groups is 1. The summed E-state index contributed by atoms with van der Waals surface area (Å²) in [6.45, 7) is 2.06. The van der Waals surface area contributed by atoms with Crippen molar-refractivity contribution >= 4 is 63.5 Å². The summed E-state index contributed by atoms with van der Waals surface area (Å²) < 4.78 is 6.90. The molecular weight excluding hydrogens is 496 g/mol. The summed E-state index contributed by atoms with van der Waals surface area (Å²) in [4.78, 5) is 12.2. The number of anilines is 1. The van der Waals surface area contributed by atoms with Gasteiger partial charge in [-0.15, -0.1) is 0 Å². The first kappa shape index (κ1) is 20.0. The molecule has 0 aliphatic carbocycles. The molecule has 0 spiro atoms. The Morgan fingerprint density at radius 3 is 2.56 bits per heavy atom. The normalized spacial score (nSPS) is 11.1. The fraction of sp³-hybridized carbons (Fsp3) is 0.0952. The second kappa shape index (κ2) is 8.95. The van der Waals surface area contributed by atoms with Crippen molar-refractivity contribution in [1.29, 1.82) is 0 Å². The number of hydrogen-bond acceptors (Lipinski definition) is 2. The first-order valence-electron chi connectivity index (χ1n) is 8.28. The van der Waals surface area contributed by atoms with Crippen molar-refractivity contribution in [3.05, 3.63) is 79.5 Å². The van der Waals surface area contributed by atoms with Crippen LogP contribution in [0.4, 0.5) is 5.69 Å². The van der Waals surface area contributed by atoms with Gasteiger partial charge in [0.2, 0.25) is 5.91 Å². The fourth-order valence-corrected chi connectivity index (χ4v) is 3.68. The predicted octanol–water partition coefficient (Wildman–Crippen LogP) is 7.07. The summed E-state index contributed by atoms with van der Waals surface area (Å²) >= 11 is 14.3. The molecule has 0 saturated heterocycles. The molecule has 0 aliphatic rings. The average molecular weight is 512 g/mol. The number of carbonyl (C=O) groups excluding carboxylic acids is 1. The van der Waals surface area contributed by atoms with Gasteiger partial charge in [-0.1, -0.05) is 30.1 Å². The van der Waals surface area contributed by atoms with Crippen LogP contribution in [0.15, 0.2) is 59.0 Å². The van der Waals surface area contributed by atoms with Crippen LogP contribution >= 0.6 is 45.8 Å². The molecule has 0 bridgehead atoms. The molecule has 3 nitrogen and oxygen atoms in total. The molecule has 0 unspecified atom stereocenters. The topological polar surface area (TPSA) is 42.2 Å². The molecule has 27 heavy (non-hydrogen) atoms. The summed E-state index contributed by atoms with van der Waals surface area (Å²) in [6.07, 6.45) is 3.92. The van der Waals surface area contributed by atoms with Crippen molar-refractivity contribution in [2.45, 2.75) is 13.3 Å². The van der Waals surface area contributed by atoms with Gasteiger partial charge in [-0.2, -0.15) is 0 Å². The number of benzene rings is 2. The number of nitrogens with one attached hydrogen (secondary N) is 1. The molecule has 0 aliphatic heterocycles. The number of hydrogen-bond donors (Lipinski definition) is 1.